The predicted octanol–water partition coefficient (Wildman–Crippen LogP) is 19.3. The Kier molecular flexibility index (Phi) is 9.05. The van der Waals surface area contributed by atoms with Gasteiger partial charge in [-0.2, -0.15) is 0 Å². The monoisotopic (exact) mass is 1010 g/mol. The van der Waals surface area contributed by atoms with E-state index in [1.165, 1.54) is 139 Å². The van der Waals surface area contributed by atoms with Gasteiger partial charge in [-0.3, -0.25) is 4.98 Å². The third kappa shape index (κ3) is 6.23. The number of anilines is 2. The van der Waals surface area contributed by atoms with Crippen LogP contribution in [-0.2, 0) is 10.8 Å². The maximum atomic E-state index is 5.00. The molecule has 10 aromatic carbocycles. The highest BCUT2D eigenvalue weighted by atomic mass is 15.2. The fraction of sp³-hybridized carbons (Fsp3) is 0.107. The van der Waals surface area contributed by atoms with Crippen LogP contribution in [-0.4, -0.2) is 14.1 Å². The molecule has 13 aromatic rings. The molecule has 1 unspecified atom stereocenters. The summed E-state index contributed by atoms with van der Waals surface area (Å²) < 4.78 is 4.95. The van der Waals surface area contributed by atoms with Crippen LogP contribution >= 0.6 is 0 Å². The molecule has 4 aliphatic rings. The van der Waals surface area contributed by atoms with Crippen molar-refractivity contribution in [2.45, 2.75) is 50.9 Å². The molecule has 0 saturated carbocycles. The Hall–Kier alpha value is -9.51. The van der Waals surface area contributed by atoms with E-state index in [9.17, 15) is 0 Å². The molecule has 0 amide bonds. The maximum Gasteiger partial charge on any atom is 0.0703 e. The summed E-state index contributed by atoms with van der Waals surface area (Å²) in [5.41, 5.74) is 29.0. The molecular formula is C75H54N4. The summed E-state index contributed by atoms with van der Waals surface area (Å²) in [6.07, 6.45) is 7.69. The molecule has 79 heavy (non-hydrogen) atoms. The van der Waals surface area contributed by atoms with E-state index < -0.39 is 0 Å². The Balaban J connectivity index is 0.771. The molecule has 4 heterocycles. The van der Waals surface area contributed by atoms with E-state index in [0.29, 0.717) is 0 Å². The van der Waals surface area contributed by atoms with Gasteiger partial charge in [0.25, 0.3) is 0 Å². The van der Waals surface area contributed by atoms with Gasteiger partial charge in [0.2, 0.25) is 0 Å². The third-order valence-corrected chi connectivity index (χ3v) is 18.7. The second-order valence-electron chi connectivity index (χ2n) is 23.5. The first-order valence-electron chi connectivity index (χ1n) is 27.9. The van der Waals surface area contributed by atoms with Gasteiger partial charge in [-0.15, -0.1) is 0 Å². The molecule has 17 rings (SSSR count). The fourth-order valence-corrected chi connectivity index (χ4v) is 14.8. The van der Waals surface area contributed by atoms with Crippen LogP contribution < -0.4 is 4.90 Å². The Morgan fingerprint density at radius 2 is 0.924 bits per heavy atom. The summed E-state index contributed by atoms with van der Waals surface area (Å²) in [5, 5.41) is 6.19. The van der Waals surface area contributed by atoms with Crippen molar-refractivity contribution in [3.8, 4) is 44.8 Å². The zero-order valence-electron chi connectivity index (χ0n) is 44.6. The number of benzene rings is 10. The van der Waals surface area contributed by atoms with E-state index in [1.54, 1.807) is 0 Å². The second-order valence-corrected chi connectivity index (χ2v) is 23.5. The van der Waals surface area contributed by atoms with E-state index in [4.69, 9.17) is 4.98 Å². The molecule has 3 aliphatic carbocycles. The Labute approximate surface area is 459 Å². The summed E-state index contributed by atoms with van der Waals surface area (Å²) in [5.74, 6) is 0.137. The Morgan fingerprint density at radius 1 is 0.405 bits per heavy atom. The van der Waals surface area contributed by atoms with Crippen LogP contribution in [0, 0.1) is 0 Å². The Bertz CT molecular complexity index is 4900. The average Bonchev–Trinajstić information content (AvgIpc) is 4.31. The van der Waals surface area contributed by atoms with Gasteiger partial charge in [-0.25, -0.2) is 0 Å². The molecule has 0 N–H and O–H groups in total. The molecule has 1 atom stereocenters. The number of allylic oxidation sites excluding steroid dienone is 4. The van der Waals surface area contributed by atoms with Gasteiger partial charge < -0.3 is 14.0 Å². The lowest BCUT2D eigenvalue weighted by atomic mass is 9.82. The molecule has 0 spiro atoms. The molecule has 3 aromatic heterocycles. The highest BCUT2D eigenvalue weighted by Gasteiger charge is 2.39. The summed E-state index contributed by atoms with van der Waals surface area (Å²) in [4.78, 5) is 7.47. The molecule has 1 aliphatic heterocycles. The smallest absolute Gasteiger partial charge is 0.0703 e. The summed E-state index contributed by atoms with van der Waals surface area (Å²) >= 11 is 0. The number of rotatable bonds is 5. The van der Waals surface area contributed by atoms with Gasteiger partial charge >= 0.3 is 0 Å². The van der Waals surface area contributed by atoms with E-state index in [2.05, 4.69) is 278 Å². The molecule has 0 saturated heterocycles. The summed E-state index contributed by atoms with van der Waals surface area (Å²) in [6.45, 7) is 9.47. The number of aromatic nitrogens is 3. The third-order valence-electron chi connectivity index (χ3n) is 18.7. The van der Waals surface area contributed by atoms with Gasteiger partial charge in [-0.05, 0) is 170 Å². The van der Waals surface area contributed by atoms with Gasteiger partial charge in [-0.1, -0.05) is 167 Å². The molecule has 4 heteroatoms. The van der Waals surface area contributed by atoms with Crippen LogP contribution in [0.2, 0.25) is 0 Å². The van der Waals surface area contributed by atoms with Crippen molar-refractivity contribution in [3.05, 3.63) is 276 Å². The first-order valence-corrected chi connectivity index (χ1v) is 27.9. The van der Waals surface area contributed by atoms with Gasteiger partial charge in [0, 0.05) is 66.4 Å². The molecular weight excluding hydrogens is 957 g/mol. The van der Waals surface area contributed by atoms with Crippen LogP contribution in [0.25, 0.3) is 105 Å². The van der Waals surface area contributed by atoms with Crippen molar-refractivity contribution < 1.29 is 0 Å². The first-order chi connectivity index (χ1) is 38.7. The minimum atomic E-state index is -0.0866. The predicted molar refractivity (Wildman–Crippen MR) is 329 cm³/mol. The van der Waals surface area contributed by atoms with Gasteiger partial charge in [0.15, 0.2) is 0 Å². The fourth-order valence-electron chi connectivity index (χ4n) is 14.8. The largest absolute Gasteiger partial charge is 0.312 e. The van der Waals surface area contributed by atoms with Crippen LogP contribution in [0.1, 0.15) is 73.4 Å². The van der Waals surface area contributed by atoms with Crippen LogP contribution in [0.5, 0.6) is 0 Å². The number of pyridine rings is 1. The number of nitrogens with zero attached hydrogens (tertiary/aromatic N) is 4. The number of para-hydroxylation sites is 3. The zero-order chi connectivity index (χ0) is 52.5. The van der Waals surface area contributed by atoms with Crippen molar-refractivity contribution in [1.82, 2.24) is 14.1 Å². The van der Waals surface area contributed by atoms with Crippen molar-refractivity contribution in [2.24, 2.45) is 0 Å². The van der Waals surface area contributed by atoms with Gasteiger partial charge in [0.1, 0.15) is 0 Å². The van der Waals surface area contributed by atoms with Crippen molar-refractivity contribution >= 4 is 71.5 Å². The van der Waals surface area contributed by atoms with E-state index >= 15 is 0 Å². The number of hydrogen-bond acceptors (Lipinski definition) is 2. The molecule has 0 fully saturated rings. The molecule has 0 bridgehead atoms. The highest BCUT2D eigenvalue weighted by molar-refractivity contribution is 6.12. The van der Waals surface area contributed by atoms with Crippen LogP contribution in [0.15, 0.2) is 242 Å². The SMILES string of the molecule is CC1(C)c2ccccc2-c2ccc(-n3c4ccccc4c4cc(C5=CC=C6C(C5)c5cc(-c7ccc8c(c7)c7ccccc7n8-c7ccc8c(c7)C(C)(C)c7ccccc7-8)ccc5N6c5cnc6ccccc6c5)ccc43)cc21. The lowest BCUT2D eigenvalue weighted by Gasteiger charge is -2.26. The van der Waals surface area contributed by atoms with E-state index in [0.717, 1.165) is 23.0 Å². The van der Waals surface area contributed by atoms with E-state index in [-0.39, 0.29) is 16.7 Å². The first kappa shape index (κ1) is 44.6. The minimum absolute atomic E-state index is 0.0846. The second kappa shape index (κ2) is 16.0. The zero-order valence-corrected chi connectivity index (χ0v) is 44.6. The Morgan fingerprint density at radius 3 is 1.58 bits per heavy atom. The molecule has 374 valence electrons. The van der Waals surface area contributed by atoms with Crippen LogP contribution in [0.3, 0.4) is 0 Å². The van der Waals surface area contributed by atoms with Gasteiger partial charge in [0.05, 0.1) is 39.5 Å². The quantitative estimate of drug-likeness (QED) is 0.172. The van der Waals surface area contributed by atoms with E-state index in [1.807, 2.05) is 0 Å². The normalized spacial score (nSPS) is 16.3. The summed E-state index contributed by atoms with van der Waals surface area (Å²) in [6, 6.07) is 82.1. The highest BCUT2D eigenvalue weighted by Crippen LogP contribution is 2.55. The van der Waals surface area contributed by atoms with Crippen LogP contribution in [0.4, 0.5) is 11.4 Å². The average molecular weight is 1010 g/mol. The van der Waals surface area contributed by atoms with Crippen molar-refractivity contribution in [3.63, 3.8) is 0 Å². The molecule has 0 radical (unpaired) electrons. The topological polar surface area (TPSA) is 26.0 Å². The molecule has 4 nitrogen and oxygen atoms in total. The van der Waals surface area contributed by atoms with Crippen molar-refractivity contribution in [1.29, 1.82) is 0 Å². The van der Waals surface area contributed by atoms with Crippen molar-refractivity contribution in [2.75, 3.05) is 4.90 Å². The maximum absolute atomic E-state index is 5.00. The standard InChI is InChI=1S/C75H54N4/c1-74(2)63-20-10-6-16-53(63)55-31-29-50(42-65(55)74)77-68-23-13-8-18-57(68)59-38-45(25-33-70(59)77)47-27-35-72-61(40-47)62-41-48(28-36-73(62)79(72)52-37-49-15-5-12-22-67(49)76-44-52)46-26-34-71-60(39-46)58-19-9-14-24-69(58)78(71)51-30-32-56-54-17-7-11-21-64(54)75(3,4)66(56)43-51/h5-40,42-44,62H,41H2,1-4H3. The minimum Gasteiger partial charge on any atom is -0.312 e. The summed E-state index contributed by atoms with van der Waals surface area (Å²) in [7, 11) is 0. The lowest BCUT2D eigenvalue weighted by Crippen LogP contribution is -2.15. The number of hydrogen-bond donors (Lipinski definition) is 0. The lowest BCUT2D eigenvalue weighted by molar-refractivity contribution is 0.660. The number of fused-ring (bicyclic) bond motifs is 16.